The lowest BCUT2D eigenvalue weighted by molar-refractivity contribution is -0.121. The standard InChI is InChI=1S/C18H18BrN5O4S/c1-12-17(24-11-5-4-8-15(24)21-12)18(26)23-22-16(25)9-10-20-29(27,28)14-7-3-2-6-13(14)19/h2-8,11,20H,9-10H2,1H3,(H,22,25)(H,23,26). The summed E-state index contributed by atoms with van der Waals surface area (Å²) in [7, 11) is -3.76. The molecule has 11 heteroatoms. The zero-order valence-electron chi connectivity index (χ0n) is 15.3. The summed E-state index contributed by atoms with van der Waals surface area (Å²) in [5.74, 6) is -1.07. The van der Waals surface area contributed by atoms with Crippen LogP contribution in [-0.4, -0.2) is 36.2 Å². The highest BCUT2D eigenvalue weighted by Crippen LogP contribution is 2.20. The van der Waals surface area contributed by atoms with Gasteiger partial charge >= 0.3 is 0 Å². The summed E-state index contributed by atoms with van der Waals surface area (Å²) in [4.78, 5) is 28.7. The van der Waals surface area contributed by atoms with Crippen LogP contribution in [0.2, 0.25) is 0 Å². The molecular formula is C18H18BrN5O4S. The quantitative estimate of drug-likeness (QED) is 0.462. The topological polar surface area (TPSA) is 122 Å². The Morgan fingerprint density at radius 1 is 1.10 bits per heavy atom. The Morgan fingerprint density at radius 2 is 1.83 bits per heavy atom. The molecule has 0 saturated heterocycles. The van der Waals surface area contributed by atoms with Crippen molar-refractivity contribution < 1.29 is 18.0 Å². The fourth-order valence-corrected chi connectivity index (χ4v) is 4.71. The first-order valence-corrected chi connectivity index (χ1v) is 10.8. The molecule has 0 unspecified atom stereocenters. The van der Waals surface area contributed by atoms with Crippen molar-refractivity contribution in [1.82, 2.24) is 25.0 Å². The molecule has 2 aromatic heterocycles. The number of pyridine rings is 1. The third kappa shape index (κ3) is 4.81. The van der Waals surface area contributed by atoms with Gasteiger partial charge in [-0.15, -0.1) is 0 Å². The minimum Gasteiger partial charge on any atom is -0.295 e. The maximum Gasteiger partial charge on any atom is 0.288 e. The van der Waals surface area contributed by atoms with E-state index in [2.05, 4.69) is 36.5 Å². The highest BCUT2D eigenvalue weighted by molar-refractivity contribution is 9.10. The van der Waals surface area contributed by atoms with Crippen molar-refractivity contribution in [3.8, 4) is 0 Å². The maximum absolute atomic E-state index is 12.4. The predicted molar refractivity (Wildman–Crippen MR) is 109 cm³/mol. The highest BCUT2D eigenvalue weighted by atomic mass is 79.9. The van der Waals surface area contributed by atoms with Crippen molar-refractivity contribution in [2.75, 3.05) is 6.54 Å². The zero-order valence-corrected chi connectivity index (χ0v) is 17.7. The summed E-state index contributed by atoms with van der Waals surface area (Å²) < 4.78 is 28.9. The van der Waals surface area contributed by atoms with Crippen LogP contribution >= 0.6 is 15.9 Å². The first-order chi connectivity index (χ1) is 13.8. The van der Waals surface area contributed by atoms with Crippen LogP contribution < -0.4 is 15.6 Å². The maximum atomic E-state index is 12.4. The zero-order chi connectivity index (χ0) is 21.0. The van der Waals surface area contributed by atoms with E-state index in [1.165, 1.54) is 6.07 Å². The Hall–Kier alpha value is -2.76. The molecule has 0 atom stereocenters. The lowest BCUT2D eigenvalue weighted by Gasteiger charge is -2.10. The molecule has 152 valence electrons. The molecule has 3 N–H and O–H groups in total. The predicted octanol–water partition coefficient (Wildman–Crippen LogP) is 1.53. The number of halogens is 1. The van der Waals surface area contributed by atoms with Crippen LogP contribution in [0.25, 0.3) is 5.65 Å². The summed E-state index contributed by atoms with van der Waals surface area (Å²) >= 11 is 3.18. The molecule has 3 aromatic rings. The van der Waals surface area contributed by atoms with Crippen molar-refractivity contribution in [1.29, 1.82) is 0 Å². The van der Waals surface area contributed by atoms with E-state index in [9.17, 15) is 18.0 Å². The summed E-state index contributed by atoms with van der Waals surface area (Å²) in [6.07, 6.45) is 1.54. The minimum atomic E-state index is -3.76. The van der Waals surface area contributed by atoms with Gasteiger partial charge in [0.25, 0.3) is 5.91 Å². The third-order valence-corrected chi connectivity index (χ3v) is 6.48. The Labute approximate surface area is 175 Å². The fourth-order valence-electron chi connectivity index (χ4n) is 2.67. The van der Waals surface area contributed by atoms with Crippen LogP contribution in [0.5, 0.6) is 0 Å². The number of nitrogens with zero attached hydrogens (tertiary/aromatic N) is 2. The molecule has 0 spiro atoms. The molecular weight excluding hydrogens is 462 g/mol. The number of amides is 2. The minimum absolute atomic E-state index is 0.0804. The van der Waals surface area contributed by atoms with Crippen molar-refractivity contribution in [2.45, 2.75) is 18.2 Å². The van der Waals surface area contributed by atoms with Gasteiger partial charge < -0.3 is 0 Å². The normalized spacial score (nSPS) is 11.4. The Morgan fingerprint density at radius 3 is 2.59 bits per heavy atom. The van der Waals surface area contributed by atoms with Crippen LogP contribution in [0.15, 0.2) is 58.0 Å². The number of rotatable bonds is 6. The Kier molecular flexibility index (Phi) is 6.30. The van der Waals surface area contributed by atoms with E-state index in [-0.39, 0.29) is 17.9 Å². The van der Waals surface area contributed by atoms with Gasteiger partial charge in [0.15, 0.2) is 0 Å². The summed E-state index contributed by atoms with van der Waals surface area (Å²) in [5.41, 5.74) is 6.03. The van der Waals surface area contributed by atoms with E-state index in [0.717, 1.165) is 0 Å². The average Bonchev–Trinajstić information content (AvgIpc) is 3.02. The van der Waals surface area contributed by atoms with Gasteiger partial charge in [-0.25, -0.2) is 18.1 Å². The summed E-state index contributed by atoms with van der Waals surface area (Å²) in [6, 6.07) is 11.7. The summed E-state index contributed by atoms with van der Waals surface area (Å²) in [6.45, 7) is 1.57. The van der Waals surface area contributed by atoms with Gasteiger partial charge in [0.1, 0.15) is 11.3 Å². The summed E-state index contributed by atoms with van der Waals surface area (Å²) in [5, 5.41) is 0. The molecule has 9 nitrogen and oxygen atoms in total. The van der Waals surface area contributed by atoms with Gasteiger partial charge in [0, 0.05) is 23.6 Å². The molecule has 2 heterocycles. The van der Waals surface area contributed by atoms with Gasteiger partial charge in [0.05, 0.1) is 10.6 Å². The number of carbonyl (C=O) groups is 2. The number of hydrogen-bond acceptors (Lipinski definition) is 5. The van der Waals surface area contributed by atoms with E-state index < -0.39 is 21.8 Å². The number of aromatic nitrogens is 2. The van der Waals surface area contributed by atoms with Crippen molar-refractivity contribution in [3.63, 3.8) is 0 Å². The number of hydrazine groups is 1. The van der Waals surface area contributed by atoms with E-state index in [1.54, 1.807) is 53.9 Å². The average molecular weight is 480 g/mol. The number of sulfonamides is 1. The number of carbonyl (C=O) groups excluding carboxylic acids is 2. The number of hydrogen-bond donors (Lipinski definition) is 3. The molecule has 2 amide bonds. The number of benzene rings is 1. The largest absolute Gasteiger partial charge is 0.295 e. The van der Waals surface area contributed by atoms with Crippen LogP contribution in [0.1, 0.15) is 22.6 Å². The van der Waals surface area contributed by atoms with Crippen molar-refractivity contribution in [3.05, 3.63) is 64.5 Å². The molecule has 0 aliphatic rings. The fraction of sp³-hybridized carbons (Fsp3) is 0.167. The van der Waals surface area contributed by atoms with Gasteiger partial charge in [-0.1, -0.05) is 18.2 Å². The SMILES string of the molecule is Cc1nc2ccccn2c1C(=O)NNC(=O)CCNS(=O)(=O)c1ccccc1Br. The van der Waals surface area contributed by atoms with Crippen molar-refractivity contribution >= 4 is 43.4 Å². The van der Waals surface area contributed by atoms with Gasteiger partial charge in [-0.3, -0.25) is 24.8 Å². The van der Waals surface area contributed by atoms with Crippen LogP contribution in [0.3, 0.4) is 0 Å². The molecule has 1 aromatic carbocycles. The molecule has 0 fully saturated rings. The van der Waals surface area contributed by atoms with E-state index in [0.29, 0.717) is 21.5 Å². The second kappa shape index (κ2) is 8.72. The van der Waals surface area contributed by atoms with Gasteiger partial charge in [-0.2, -0.15) is 0 Å². The Balaban J connectivity index is 1.53. The van der Waals surface area contributed by atoms with E-state index in [1.807, 2.05) is 0 Å². The van der Waals surface area contributed by atoms with Crippen LogP contribution in [-0.2, 0) is 14.8 Å². The second-order valence-corrected chi connectivity index (χ2v) is 8.64. The molecule has 0 radical (unpaired) electrons. The van der Waals surface area contributed by atoms with Gasteiger partial charge in [0.2, 0.25) is 15.9 Å². The van der Waals surface area contributed by atoms with Gasteiger partial charge in [-0.05, 0) is 47.1 Å². The molecule has 0 aliphatic heterocycles. The molecule has 0 saturated carbocycles. The van der Waals surface area contributed by atoms with E-state index in [4.69, 9.17) is 0 Å². The number of aryl methyl sites for hydroxylation is 1. The number of imidazole rings is 1. The number of nitrogens with one attached hydrogen (secondary N) is 3. The molecule has 0 aliphatic carbocycles. The Bertz CT molecular complexity index is 1180. The second-order valence-electron chi connectivity index (χ2n) is 6.06. The lowest BCUT2D eigenvalue weighted by atomic mass is 10.3. The molecule has 3 rings (SSSR count). The lowest BCUT2D eigenvalue weighted by Crippen LogP contribution is -2.43. The third-order valence-electron chi connectivity index (χ3n) is 4.01. The van der Waals surface area contributed by atoms with Crippen LogP contribution in [0.4, 0.5) is 0 Å². The van der Waals surface area contributed by atoms with Crippen LogP contribution in [0, 0.1) is 6.92 Å². The smallest absolute Gasteiger partial charge is 0.288 e. The van der Waals surface area contributed by atoms with Crippen molar-refractivity contribution in [2.24, 2.45) is 0 Å². The molecule has 0 bridgehead atoms. The highest BCUT2D eigenvalue weighted by Gasteiger charge is 2.18. The monoisotopic (exact) mass is 479 g/mol. The molecule has 29 heavy (non-hydrogen) atoms. The first kappa shape index (κ1) is 21.0. The van der Waals surface area contributed by atoms with E-state index >= 15 is 0 Å². The number of fused-ring (bicyclic) bond motifs is 1. The first-order valence-electron chi connectivity index (χ1n) is 8.56.